The molecule has 0 aromatic heterocycles. The molecule has 0 saturated carbocycles. The number of nitrogens with one attached hydrogen (secondary N) is 1. The maximum atomic E-state index is 11.9. The average molecular weight is 265 g/mol. The van der Waals surface area contributed by atoms with Crippen molar-refractivity contribution in [1.29, 1.82) is 0 Å². The number of amides is 1. The third kappa shape index (κ3) is 3.65. The summed E-state index contributed by atoms with van der Waals surface area (Å²) >= 11 is 1.95. The van der Waals surface area contributed by atoms with Crippen LogP contribution in [0, 0.1) is 6.92 Å². The lowest BCUT2D eigenvalue weighted by molar-refractivity contribution is -0.117. The summed E-state index contributed by atoms with van der Waals surface area (Å²) in [7, 11) is 0. The molecule has 1 aliphatic rings. The standard InChI is InChI=1S/C13H19N3OS/c1-10-8-11(14)2-3-12(10)15-13(17)9-16-4-6-18-7-5-16/h2-3,8H,4-7,9,14H2,1H3,(H,15,17). The summed E-state index contributed by atoms with van der Waals surface area (Å²) in [5.74, 6) is 2.29. The lowest BCUT2D eigenvalue weighted by atomic mass is 10.2. The molecular formula is C13H19N3OS. The van der Waals surface area contributed by atoms with Crippen molar-refractivity contribution in [2.45, 2.75) is 6.92 Å². The molecule has 0 spiro atoms. The number of nitrogens with two attached hydrogens (primary N) is 1. The van der Waals surface area contributed by atoms with Crippen molar-refractivity contribution in [1.82, 2.24) is 4.90 Å². The molecule has 1 aliphatic heterocycles. The first kappa shape index (κ1) is 13.2. The number of nitrogen functional groups attached to an aromatic ring is 1. The Kier molecular flexibility index (Phi) is 4.49. The van der Waals surface area contributed by atoms with Gasteiger partial charge in [-0.05, 0) is 30.7 Å². The molecule has 3 N–H and O–H groups in total. The number of anilines is 2. The Balaban J connectivity index is 1.90. The van der Waals surface area contributed by atoms with Crippen molar-refractivity contribution in [2.75, 3.05) is 42.2 Å². The van der Waals surface area contributed by atoms with Gasteiger partial charge in [0.05, 0.1) is 6.54 Å². The fraction of sp³-hybridized carbons (Fsp3) is 0.462. The highest BCUT2D eigenvalue weighted by Gasteiger charge is 2.14. The summed E-state index contributed by atoms with van der Waals surface area (Å²) in [6.07, 6.45) is 0. The molecule has 4 nitrogen and oxygen atoms in total. The van der Waals surface area contributed by atoms with E-state index in [0.717, 1.165) is 41.5 Å². The van der Waals surface area contributed by atoms with Crippen LogP contribution < -0.4 is 11.1 Å². The van der Waals surface area contributed by atoms with E-state index in [9.17, 15) is 4.79 Å². The Morgan fingerprint density at radius 1 is 1.44 bits per heavy atom. The summed E-state index contributed by atoms with van der Waals surface area (Å²) in [6, 6.07) is 5.53. The van der Waals surface area contributed by atoms with Crippen molar-refractivity contribution >= 4 is 29.0 Å². The third-order valence-electron chi connectivity index (χ3n) is 3.00. The zero-order chi connectivity index (χ0) is 13.0. The zero-order valence-corrected chi connectivity index (χ0v) is 11.4. The number of carbonyl (C=O) groups is 1. The quantitative estimate of drug-likeness (QED) is 0.814. The zero-order valence-electron chi connectivity index (χ0n) is 10.6. The van der Waals surface area contributed by atoms with E-state index < -0.39 is 0 Å². The van der Waals surface area contributed by atoms with Gasteiger partial charge < -0.3 is 11.1 Å². The largest absolute Gasteiger partial charge is 0.399 e. The second-order valence-electron chi connectivity index (χ2n) is 4.51. The van der Waals surface area contributed by atoms with Crippen LogP contribution in [0.5, 0.6) is 0 Å². The van der Waals surface area contributed by atoms with E-state index >= 15 is 0 Å². The first-order valence-electron chi connectivity index (χ1n) is 6.11. The minimum Gasteiger partial charge on any atom is -0.399 e. The molecule has 0 radical (unpaired) electrons. The van der Waals surface area contributed by atoms with Crippen LogP contribution >= 0.6 is 11.8 Å². The molecule has 1 aromatic carbocycles. The number of aryl methyl sites for hydroxylation is 1. The molecular weight excluding hydrogens is 246 g/mol. The molecule has 0 unspecified atom stereocenters. The van der Waals surface area contributed by atoms with Gasteiger partial charge in [0.15, 0.2) is 0 Å². The second-order valence-corrected chi connectivity index (χ2v) is 5.74. The van der Waals surface area contributed by atoms with Crippen LogP contribution in [0.15, 0.2) is 18.2 Å². The molecule has 1 amide bonds. The molecule has 1 saturated heterocycles. The van der Waals surface area contributed by atoms with Gasteiger partial charge in [0.1, 0.15) is 0 Å². The van der Waals surface area contributed by atoms with Crippen LogP contribution in [0.2, 0.25) is 0 Å². The summed E-state index contributed by atoms with van der Waals surface area (Å²) in [4.78, 5) is 14.1. The van der Waals surface area contributed by atoms with E-state index in [2.05, 4.69) is 10.2 Å². The highest BCUT2D eigenvalue weighted by Crippen LogP contribution is 2.17. The molecule has 0 bridgehead atoms. The van der Waals surface area contributed by atoms with Crippen LogP contribution in [-0.4, -0.2) is 41.9 Å². The van der Waals surface area contributed by atoms with E-state index in [4.69, 9.17) is 5.73 Å². The number of rotatable bonds is 3. The maximum Gasteiger partial charge on any atom is 0.238 e. The Hall–Kier alpha value is -1.20. The summed E-state index contributed by atoms with van der Waals surface area (Å²) in [5, 5.41) is 2.94. The summed E-state index contributed by atoms with van der Waals surface area (Å²) in [6.45, 7) is 4.42. The van der Waals surface area contributed by atoms with Gasteiger partial charge >= 0.3 is 0 Å². The Morgan fingerprint density at radius 3 is 2.83 bits per heavy atom. The fourth-order valence-corrected chi connectivity index (χ4v) is 2.96. The average Bonchev–Trinajstić information content (AvgIpc) is 2.34. The minimum atomic E-state index is 0.0507. The molecule has 1 aromatic rings. The van der Waals surface area contributed by atoms with Crippen LogP contribution in [0.1, 0.15) is 5.56 Å². The number of carbonyl (C=O) groups excluding carboxylic acids is 1. The molecule has 2 rings (SSSR count). The number of hydrogen-bond donors (Lipinski definition) is 2. The van der Waals surface area contributed by atoms with Crippen LogP contribution in [0.4, 0.5) is 11.4 Å². The number of hydrogen-bond acceptors (Lipinski definition) is 4. The van der Waals surface area contributed by atoms with E-state index in [1.807, 2.05) is 30.8 Å². The van der Waals surface area contributed by atoms with Gasteiger partial charge in [-0.25, -0.2) is 0 Å². The van der Waals surface area contributed by atoms with Gasteiger partial charge in [0, 0.05) is 36.0 Å². The lowest BCUT2D eigenvalue weighted by Crippen LogP contribution is -2.38. The molecule has 98 valence electrons. The second kappa shape index (κ2) is 6.11. The topological polar surface area (TPSA) is 58.4 Å². The summed E-state index contributed by atoms with van der Waals surface area (Å²) in [5.41, 5.74) is 8.25. The monoisotopic (exact) mass is 265 g/mol. The maximum absolute atomic E-state index is 11.9. The number of nitrogens with zero attached hydrogens (tertiary/aromatic N) is 1. The Bertz CT molecular complexity index is 430. The molecule has 0 atom stereocenters. The number of thioether (sulfide) groups is 1. The van der Waals surface area contributed by atoms with Crippen LogP contribution in [0.3, 0.4) is 0 Å². The lowest BCUT2D eigenvalue weighted by Gasteiger charge is -2.25. The highest BCUT2D eigenvalue weighted by molar-refractivity contribution is 7.99. The molecule has 1 fully saturated rings. The molecule has 0 aliphatic carbocycles. The van der Waals surface area contributed by atoms with Crippen molar-refractivity contribution in [3.05, 3.63) is 23.8 Å². The van der Waals surface area contributed by atoms with Crippen LogP contribution in [-0.2, 0) is 4.79 Å². The first-order chi connectivity index (χ1) is 8.65. The van der Waals surface area contributed by atoms with Gasteiger partial charge in [0.2, 0.25) is 5.91 Å². The smallest absolute Gasteiger partial charge is 0.238 e. The van der Waals surface area contributed by atoms with Crippen molar-refractivity contribution < 1.29 is 4.79 Å². The van der Waals surface area contributed by atoms with Gasteiger partial charge in [0.25, 0.3) is 0 Å². The van der Waals surface area contributed by atoms with Crippen LogP contribution in [0.25, 0.3) is 0 Å². The molecule has 18 heavy (non-hydrogen) atoms. The normalized spacial score (nSPS) is 16.5. The van der Waals surface area contributed by atoms with Crippen molar-refractivity contribution in [2.24, 2.45) is 0 Å². The van der Waals surface area contributed by atoms with E-state index in [0.29, 0.717) is 6.54 Å². The predicted molar refractivity (Wildman–Crippen MR) is 78.0 cm³/mol. The van der Waals surface area contributed by atoms with E-state index in [-0.39, 0.29) is 5.91 Å². The SMILES string of the molecule is Cc1cc(N)ccc1NC(=O)CN1CCSCC1. The van der Waals surface area contributed by atoms with E-state index in [1.165, 1.54) is 0 Å². The van der Waals surface area contributed by atoms with Crippen molar-refractivity contribution in [3.8, 4) is 0 Å². The minimum absolute atomic E-state index is 0.0507. The first-order valence-corrected chi connectivity index (χ1v) is 7.27. The van der Waals surface area contributed by atoms with Gasteiger partial charge in [-0.1, -0.05) is 0 Å². The van der Waals surface area contributed by atoms with Gasteiger partial charge in [-0.2, -0.15) is 11.8 Å². The highest BCUT2D eigenvalue weighted by atomic mass is 32.2. The van der Waals surface area contributed by atoms with Gasteiger partial charge in [-0.15, -0.1) is 0 Å². The number of benzene rings is 1. The Morgan fingerprint density at radius 2 is 2.17 bits per heavy atom. The van der Waals surface area contributed by atoms with Crippen molar-refractivity contribution in [3.63, 3.8) is 0 Å². The Labute approximate surface area is 112 Å². The van der Waals surface area contributed by atoms with E-state index in [1.54, 1.807) is 6.07 Å². The fourth-order valence-electron chi connectivity index (χ4n) is 1.98. The molecule has 5 heteroatoms. The predicted octanol–water partition coefficient (Wildman–Crippen LogP) is 1.56. The third-order valence-corrected chi connectivity index (χ3v) is 3.94. The summed E-state index contributed by atoms with van der Waals surface area (Å²) < 4.78 is 0. The molecule has 1 heterocycles. The van der Waals surface area contributed by atoms with Gasteiger partial charge in [-0.3, -0.25) is 9.69 Å².